The number of fused-ring (bicyclic) bond motifs is 3. The van der Waals surface area contributed by atoms with Gasteiger partial charge in [0.05, 0.1) is 27.5 Å². The third kappa shape index (κ3) is 2.86. The van der Waals surface area contributed by atoms with Crippen LogP contribution >= 0.6 is 34.4 Å². The number of benzene rings is 1. The number of hydrogen-bond donors (Lipinski definition) is 1. The summed E-state index contributed by atoms with van der Waals surface area (Å²) in [5, 5.41) is 7.47. The molecule has 0 unspecified atom stereocenters. The van der Waals surface area contributed by atoms with Crippen molar-refractivity contribution in [2.24, 2.45) is 7.05 Å². The normalized spacial score (nSPS) is 11.3. The first-order valence-corrected chi connectivity index (χ1v) is 10.1. The van der Waals surface area contributed by atoms with Crippen LogP contribution < -0.4 is 10.1 Å². The molecule has 7 nitrogen and oxygen atoms in total. The fraction of sp³-hybridized carbons (Fsp3) is 0.200. The number of amides is 1. The van der Waals surface area contributed by atoms with Gasteiger partial charge in [-0.05, 0) is 18.4 Å². The summed E-state index contributed by atoms with van der Waals surface area (Å²) in [5.74, 6) is -0.00933. The first-order valence-electron chi connectivity index (χ1n) is 7.22. The van der Waals surface area contributed by atoms with E-state index >= 15 is 0 Å². The third-order valence-electron chi connectivity index (χ3n) is 3.52. The van der Waals surface area contributed by atoms with E-state index in [1.165, 1.54) is 23.1 Å². The molecule has 10 heteroatoms. The number of hydrogen-bond acceptors (Lipinski definition) is 8. The summed E-state index contributed by atoms with van der Waals surface area (Å²) < 4.78 is 9.82. The molecule has 0 aliphatic heterocycles. The van der Waals surface area contributed by atoms with Crippen LogP contribution in [-0.4, -0.2) is 39.0 Å². The number of aryl methyl sites for hydroxylation is 1. The van der Waals surface area contributed by atoms with E-state index in [-0.39, 0.29) is 11.8 Å². The predicted octanol–water partition coefficient (Wildman–Crippen LogP) is 3.62. The van der Waals surface area contributed by atoms with Gasteiger partial charge in [0.15, 0.2) is 9.47 Å². The van der Waals surface area contributed by atoms with Gasteiger partial charge < -0.3 is 4.74 Å². The van der Waals surface area contributed by atoms with Gasteiger partial charge >= 0.3 is 0 Å². The molecular formula is C15H13N5O2S3. The number of anilines is 1. The number of carbonyl (C=O) groups is 1. The number of nitrogens with one attached hydrogen (secondary N) is 1. The average Bonchev–Trinajstić information content (AvgIpc) is 3.28. The maximum atomic E-state index is 12.5. The number of nitrogens with zero attached hydrogens (tertiary/aromatic N) is 4. The summed E-state index contributed by atoms with van der Waals surface area (Å²) in [5.41, 5.74) is 2.18. The third-order valence-corrected chi connectivity index (χ3v) is 6.73. The molecule has 3 aromatic heterocycles. The van der Waals surface area contributed by atoms with Crippen molar-refractivity contribution >= 4 is 65.9 Å². The zero-order valence-electron chi connectivity index (χ0n) is 13.6. The van der Waals surface area contributed by atoms with Gasteiger partial charge in [0.25, 0.3) is 5.91 Å². The Kier molecular flexibility index (Phi) is 4.10. The highest BCUT2D eigenvalue weighted by atomic mass is 32.2. The molecule has 0 saturated carbocycles. The Morgan fingerprint density at radius 1 is 1.24 bits per heavy atom. The molecule has 0 radical (unpaired) electrons. The second-order valence-corrected chi connectivity index (χ2v) is 8.20. The summed E-state index contributed by atoms with van der Waals surface area (Å²) in [6.07, 6.45) is 3.63. The van der Waals surface area contributed by atoms with Crippen molar-refractivity contribution in [2.75, 3.05) is 18.7 Å². The monoisotopic (exact) mass is 391 g/mol. The molecule has 25 heavy (non-hydrogen) atoms. The van der Waals surface area contributed by atoms with E-state index < -0.39 is 0 Å². The van der Waals surface area contributed by atoms with Crippen LogP contribution in [0, 0.1) is 0 Å². The van der Waals surface area contributed by atoms with E-state index in [1.54, 1.807) is 36.3 Å². The van der Waals surface area contributed by atoms with Crippen LogP contribution in [0.15, 0.2) is 22.7 Å². The molecule has 0 saturated heterocycles. The molecule has 0 bridgehead atoms. The number of rotatable bonds is 4. The number of ether oxygens (including phenoxy) is 1. The molecule has 1 aromatic carbocycles. The fourth-order valence-electron chi connectivity index (χ4n) is 2.43. The molecule has 0 aliphatic rings. The van der Waals surface area contributed by atoms with Crippen LogP contribution in [-0.2, 0) is 7.05 Å². The van der Waals surface area contributed by atoms with Crippen LogP contribution in [0.5, 0.6) is 5.88 Å². The number of aromatic nitrogens is 4. The SMILES string of the molecule is COc1nn(C)cc1C(=O)Nc1nc2ccc3nc(SC)sc3c2s1. The van der Waals surface area contributed by atoms with Gasteiger partial charge in [0.1, 0.15) is 5.56 Å². The van der Waals surface area contributed by atoms with Crippen molar-refractivity contribution in [3.63, 3.8) is 0 Å². The molecule has 1 amide bonds. The van der Waals surface area contributed by atoms with Gasteiger partial charge in [0.2, 0.25) is 5.88 Å². The first kappa shape index (κ1) is 16.3. The summed E-state index contributed by atoms with van der Waals surface area (Å²) in [6.45, 7) is 0. The van der Waals surface area contributed by atoms with Crippen molar-refractivity contribution in [3.8, 4) is 5.88 Å². The van der Waals surface area contributed by atoms with E-state index in [9.17, 15) is 4.79 Å². The van der Waals surface area contributed by atoms with Crippen LogP contribution in [0.3, 0.4) is 0 Å². The molecule has 0 atom stereocenters. The van der Waals surface area contributed by atoms with Crippen molar-refractivity contribution < 1.29 is 9.53 Å². The largest absolute Gasteiger partial charge is 0.479 e. The molecule has 0 fully saturated rings. The van der Waals surface area contributed by atoms with Crippen LogP contribution in [0.25, 0.3) is 20.4 Å². The van der Waals surface area contributed by atoms with Crippen LogP contribution in [0.1, 0.15) is 10.4 Å². The lowest BCUT2D eigenvalue weighted by Crippen LogP contribution is -2.12. The number of thiazole rings is 2. The highest BCUT2D eigenvalue weighted by Crippen LogP contribution is 2.38. The van der Waals surface area contributed by atoms with E-state index in [0.717, 1.165) is 24.8 Å². The lowest BCUT2D eigenvalue weighted by molar-refractivity contribution is 0.102. The summed E-state index contributed by atoms with van der Waals surface area (Å²) in [4.78, 5) is 21.6. The molecule has 0 aliphatic carbocycles. The Bertz CT molecular complexity index is 1100. The molecule has 4 aromatic rings. The Morgan fingerprint density at radius 2 is 1.96 bits per heavy atom. The molecule has 1 N–H and O–H groups in total. The Morgan fingerprint density at radius 3 is 2.68 bits per heavy atom. The Balaban J connectivity index is 1.70. The maximum Gasteiger partial charge on any atom is 0.264 e. The highest BCUT2D eigenvalue weighted by molar-refractivity contribution is 8.00. The van der Waals surface area contributed by atoms with Gasteiger partial charge in [-0.3, -0.25) is 14.8 Å². The zero-order chi connectivity index (χ0) is 17.6. The second-order valence-electron chi connectivity index (χ2n) is 5.14. The van der Waals surface area contributed by atoms with Gasteiger partial charge in [0, 0.05) is 13.2 Å². The smallest absolute Gasteiger partial charge is 0.264 e. The number of thioether (sulfide) groups is 1. The quantitative estimate of drug-likeness (QED) is 0.535. The molecule has 4 rings (SSSR count). The van der Waals surface area contributed by atoms with Gasteiger partial charge in [-0.2, -0.15) is 0 Å². The van der Waals surface area contributed by atoms with Crippen molar-refractivity contribution in [3.05, 3.63) is 23.9 Å². The summed E-state index contributed by atoms with van der Waals surface area (Å²) in [6, 6.07) is 3.89. The van der Waals surface area contributed by atoms with Crippen LogP contribution in [0.4, 0.5) is 5.13 Å². The summed E-state index contributed by atoms with van der Waals surface area (Å²) >= 11 is 4.71. The zero-order valence-corrected chi connectivity index (χ0v) is 16.0. The Hall–Kier alpha value is -2.17. The minimum Gasteiger partial charge on any atom is -0.479 e. The van der Waals surface area contributed by atoms with Crippen molar-refractivity contribution in [2.45, 2.75) is 4.34 Å². The molecule has 3 heterocycles. The topological polar surface area (TPSA) is 81.9 Å². The van der Waals surface area contributed by atoms with Crippen molar-refractivity contribution in [1.82, 2.24) is 19.7 Å². The second kappa shape index (κ2) is 6.28. The predicted molar refractivity (Wildman–Crippen MR) is 102 cm³/mol. The molecule has 0 spiro atoms. The van der Waals surface area contributed by atoms with Gasteiger partial charge in [-0.1, -0.05) is 23.1 Å². The Labute approximate surface area is 155 Å². The first-order chi connectivity index (χ1) is 12.1. The minimum absolute atomic E-state index is 0.288. The van der Waals surface area contributed by atoms with E-state index in [4.69, 9.17) is 4.74 Å². The average molecular weight is 392 g/mol. The van der Waals surface area contributed by atoms with Gasteiger partial charge in [-0.15, -0.1) is 16.4 Å². The van der Waals surface area contributed by atoms with Crippen molar-refractivity contribution in [1.29, 1.82) is 0 Å². The van der Waals surface area contributed by atoms with Gasteiger partial charge in [-0.25, -0.2) is 9.97 Å². The minimum atomic E-state index is -0.297. The van der Waals surface area contributed by atoms with E-state index in [1.807, 2.05) is 18.4 Å². The lowest BCUT2D eigenvalue weighted by Gasteiger charge is -2.00. The maximum absolute atomic E-state index is 12.5. The number of methoxy groups -OCH3 is 1. The molecule has 128 valence electrons. The van der Waals surface area contributed by atoms with E-state index in [0.29, 0.717) is 10.7 Å². The fourth-order valence-corrected chi connectivity index (χ4v) is 5.09. The van der Waals surface area contributed by atoms with Crippen LogP contribution in [0.2, 0.25) is 0 Å². The van der Waals surface area contributed by atoms with E-state index in [2.05, 4.69) is 20.4 Å². The lowest BCUT2D eigenvalue weighted by atomic mass is 10.3. The molecular weight excluding hydrogens is 378 g/mol. The standard InChI is InChI=1S/C15H13N5O2S3/c1-20-6-7(13(19-20)22-2)12(21)18-14-16-8-4-5-9-11(10(8)24-14)25-15(17-9)23-3/h4-6H,1-3H3,(H,16,18,21). The highest BCUT2D eigenvalue weighted by Gasteiger charge is 2.19. The summed E-state index contributed by atoms with van der Waals surface area (Å²) in [7, 11) is 3.22. The number of carbonyl (C=O) groups excluding carboxylic acids is 1.